The van der Waals surface area contributed by atoms with Gasteiger partial charge in [0.1, 0.15) is 4.75 Å². The predicted octanol–water partition coefficient (Wildman–Crippen LogP) is 2.24. The van der Waals surface area contributed by atoms with E-state index in [-0.39, 0.29) is 0 Å². The summed E-state index contributed by atoms with van der Waals surface area (Å²) in [5.41, 5.74) is 0. The van der Waals surface area contributed by atoms with Crippen LogP contribution in [0.3, 0.4) is 0 Å². The highest BCUT2D eigenvalue weighted by atomic mass is 32.2. The molecule has 3 rings (SSSR count). The van der Waals surface area contributed by atoms with Crippen LogP contribution in [0.5, 0.6) is 0 Å². The lowest BCUT2D eigenvalue weighted by Gasteiger charge is -2.40. The lowest BCUT2D eigenvalue weighted by molar-refractivity contribution is -0.143. The molecule has 0 saturated heterocycles. The van der Waals surface area contributed by atoms with E-state index in [2.05, 4.69) is 0 Å². The van der Waals surface area contributed by atoms with Gasteiger partial charge in [0.15, 0.2) is 0 Å². The van der Waals surface area contributed by atoms with Gasteiger partial charge in [0.05, 0.1) is 0 Å². The average Bonchev–Trinajstić information content (AvgIpc) is 2.80. The molecule has 2 nitrogen and oxygen atoms in total. The summed E-state index contributed by atoms with van der Waals surface area (Å²) >= 11 is 1.61. The Kier molecular flexibility index (Phi) is 1.74. The van der Waals surface area contributed by atoms with Crippen LogP contribution < -0.4 is 0 Å². The van der Waals surface area contributed by atoms with Crippen molar-refractivity contribution in [3.8, 4) is 0 Å². The Morgan fingerprint density at radius 1 is 1.21 bits per heavy atom. The van der Waals surface area contributed by atoms with Crippen LogP contribution in [-0.4, -0.2) is 22.1 Å². The fourth-order valence-electron chi connectivity index (χ4n) is 4.65. The molecule has 78 valence electrons. The summed E-state index contributed by atoms with van der Waals surface area (Å²) in [6.07, 6.45) is 6.92. The van der Waals surface area contributed by atoms with Crippen LogP contribution in [0.4, 0.5) is 0 Å². The molecule has 1 unspecified atom stereocenters. The number of rotatable bonds is 2. The average molecular weight is 212 g/mol. The van der Waals surface area contributed by atoms with Gasteiger partial charge in [-0.3, -0.25) is 4.79 Å². The molecule has 0 aromatic rings. The zero-order valence-corrected chi connectivity index (χ0v) is 9.22. The van der Waals surface area contributed by atoms with E-state index in [0.29, 0.717) is 11.8 Å². The molecule has 14 heavy (non-hydrogen) atoms. The Hall–Kier alpha value is -0.180. The molecule has 5 atom stereocenters. The number of hydrogen-bond donors (Lipinski definition) is 1. The number of carbonyl (C=O) groups is 1. The summed E-state index contributed by atoms with van der Waals surface area (Å²) in [5.74, 6) is 1.94. The van der Waals surface area contributed by atoms with Gasteiger partial charge in [0.2, 0.25) is 0 Å². The third-order valence-electron chi connectivity index (χ3n) is 4.98. The summed E-state index contributed by atoms with van der Waals surface area (Å²) in [6, 6.07) is 0. The maximum atomic E-state index is 11.5. The predicted molar refractivity (Wildman–Crippen MR) is 56.3 cm³/mol. The van der Waals surface area contributed by atoms with Gasteiger partial charge in [0.25, 0.3) is 0 Å². The van der Waals surface area contributed by atoms with Gasteiger partial charge < -0.3 is 5.11 Å². The highest BCUT2D eigenvalue weighted by molar-refractivity contribution is 8.00. The smallest absolute Gasteiger partial charge is 0.320 e. The first-order valence-electron chi connectivity index (χ1n) is 5.50. The lowest BCUT2D eigenvalue weighted by Crippen LogP contribution is -2.48. The van der Waals surface area contributed by atoms with E-state index in [4.69, 9.17) is 0 Å². The van der Waals surface area contributed by atoms with E-state index in [0.717, 1.165) is 11.8 Å². The second-order valence-electron chi connectivity index (χ2n) is 5.00. The van der Waals surface area contributed by atoms with Crippen molar-refractivity contribution in [1.82, 2.24) is 0 Å². The van der Waals surface area contributed by atoms with Crippen LogP contribution in [0.15, 0.2) is 0 Å². The first-order chi connectivity index (χ1) is 6.71. The minimum atomic E-state index is -0.535. The van der Waals surface area contributed by atoms with Crippen molar-refractivity contribution in [3.05, 3.63) is 0 Å². The van der Waals surface area contributed by atoms with E-state index in [1.54, 1.807) is 11.8 Å². The number of carboxylic acids is 1. The van der Waals surface area contributed by atoms with Gasteiger partial charge in [-0.25, -0.2) is 0 Å². The summed E-state index contributed by atoms with van der Waals surface area (Å²) in [7, 11) is 0. The van der Waals surface area contributed by atoms with Gasteiger partial charge in [-0.1, -0.05) is 0 Å². The zero-order chi connectivity index (χ0) is 9.92. The summed E-state index contributed by atoms with van der Waals surface area (Å²) in [4.78, 5) is 11.5. The number of thioether (sulfide) groups is 1. The van der Waals surface area contributed by atoms with E-state index < -0.39 is 10.7 Å². The fourth-order valence-corrected chi connectivity index (χ4v) is 6.01. The normalized spacial score (nSPS) is 54.1. The van der Waals surface area contributed by atoms with Crippen LogP contribution in [0.25, 0.3) is 0 Å². The van der Waals surface area contributed by atoms with Crippen LogP contribution in [0.1, 0.15) is 25.7 Å². The van der Waals surface area contributed by atoms with Gasteiger partial charge in [-0.2, -0.15) is 0 Å². The van der Waals surface area contributed by atoms with E-state index in [1.807, 2.05) is 6.26 Å². The molecule has 3 aliphatic rings. The largest absolute Gasteiger partial charge is 0.480 e. The zero-order valence-electron chi connectivity index (χ0n) is 8.40. The minimum absolute atomic E-state index is 0.397. The summed E-state index contributed by atoms with van der Waals surface area (Å²) < 4.78 is -0.397. The molecule has 0 aromatic carbocycles. The molecule has 0 amide bonds. The highest BCUT2D eigenvalue weighted by Gasteiger charge is 2.69. The van der Waals surface area contributed by atoms with Crippen molar-refractivity contribution in [3.63, 3.8) is 0 Å². The molecule has 0 heterocycles. The second-order valence-corrected chi connectivity index (χ2v) is 6.08. The van der Waals surface area contributed by atoms with Gasteiger partial charge in [-0.15, -0.1) is 11.8 Å². The number of aliphatic carboxylic acids is 1. The molecule has 0 aromatic heterocycles. The quantitative estimate of drug-likeness (QED) is 0.762. The Balaban J connectivity index is 2.05. The number of hydrogen-bond acceptors (Lipinski definition) is 2. The van der Waals surface area contributed by atoms with Gasteiger partial charge in [-0.05, 0) is 55.6 Å². The van der Waals surface area contributed by atoms with Crippen LogP contribution in [-0.2, 0) is 4.79 Å². The third-order valence-corrected chi connectivity index (χ3v) is 6.43. The molecule has 3 heteroatoms. The second kappa shape index (κ2) is 2.69. The molecule has 0 aliphatic heterocycles. The summed E-state index contributed by atoms with van der Waals surface area (Å²) in [5, 5.41) is 9.49. The molecular weight excluding hydrogens is 196 g/mol. The van der Waals surface area contributed by atoms with Crippen molar-refractivity contribution in [2.45, 2.75) is 30.4 Å². The van der Waals surface area contributed by atoms with E-state index in [9.17, 15) is 9.90 Å². The molecule has 4 bridgehead atoms. The molecule has 0 radical (unpaired) electrons. The van der Waals surface area contributed by atoms with E-state index >= 15 is 0 Å². The molecular formula is C11H16O2S. The standard InChI is InChI=1S/C11H16O2S/c1-14-11(10(12)13)8-4-2-6-7(8)3-5-9(6)11/h6-9H,2-5H2,1H3,(H,12,13)/t6-,7-,8-,9+,11?/m0/s1. The van der Waals surface area contributed by atoms with Crippen LogP contribution in [0, 0.1) is 23.7 Å². The Morgan fingerprint density at radius 2 is 1.71 bits per heavy atom. The van der Waals surface area contributed by atoms with Crippen molar-refractivity contribution in [2.24, 2.45) is 23.7 Å². The first-order valence-corrected chi connectivity index (χ1v) is 6.73. The van der Waals surface area contributed by atoms with Crippen molar-refractivity contribution in [1.29, 1.82) is 0 Å². The maximum absolute atomic E-state index is 11.5. The summed E-state index contributed by atoms with van der Waals surface area (Å²) in [6.45, 7) is 0. The third kappa shape index (κ3) is 0.755. The van der Waals surface area contributed by atoms with Crippen LogP contribution >= 0.6 is 11.8 Å². The minimum Gasteiger partial charge on any atom is -0.480 e. The fraction of sp³-hybridized carbons (Fsp3) is 0.909. The topological polar surface area (TPSA) is 37.3 Å². The Bertz CT molecular complexity index is 271. The Morgan fingerprint density at radius 3 is 2.00 bits per heavy atom. The molecule has 3 saturated carbocycles. The van der Waals surface area contributed by atoms with E-state index in [1.165, 1.54) is 25.7 Å². The number of carboxylic acid groups (broad SMARTS) is 1. The van der Waals surface area contributed by atoms with Crippen molar-refractivity contribution in [2.75, 3.05) is 6.26 Å². The maximum Gasteiger partial charge on any atom is 0.320 e. The van der Waals surface area contributed by atoms with Crippen molar-refractivity contribution < 1.29 is 9.90 Å². The van der Waals surface area contributed by atoms with Crippen LogP contribution in [0.2, 0.25) is 0 Å². The molecule has 0 spiro atoms. The first kappa shape index (κ1) is 9.08. The molecule has 1 N–H and O–H groups in total. The SMILES string of the molecule is CSC1(C(=O)O)[C@@H]2CC[C@H]3[C@@H]2CC[C@@H]31. The van der Waals surface area contributed by atoms with Crippen molar-refractivity contribution >= 4 is 17.7 Å². The molecule has 3 aliphatic carbocycles. The lowest BCUT2D eigenvalue weighted by atomic mass is 9.74. The Labute approximate surface area is 88.5 Å². The monoisotopic (exact) mass is 212 g/mol. The van der Waals surface area contributed by atoms with Gasteiger partial charge in [0, 0.05) is 0 Å². The molecule has 3 fully saturated rings. The highest BCUT2D eigenvalue weighted by Crippen LogP contribution is 2.69. The van der Waals surface area contributed by atoms with Gasteiger partial charge >= 0.3 is 5.97 Å².